The fourth-order valence-corrected chi connectivity index (χ4v) is 8.97. The lowest BCUT2D eigenvalue weighted by Crippen LogP contribution is -2.45. The van der Waals surface area contributed by atoms with Crippen LogP contribution in [-0.4, -0.2) is 34.9 Å². The van der Waals surface area contributed by atoms with Crippen molar-refractivity contribution >= 4 is 5.91 Å². The molecule has 404 valence electrons. The molecule has 0 radical (unpaired) electrons. The molecular formula is C66H117NO3. The predicted octanol–water partition coefficient (Wildman–Crippen LogP) is 20.5. The minimum absolute atomic E-state index is 0.0836. The zero-order chi connectivity index (χ0) is 50.6. The second kappa shape index (κ2) is 60.6. The van der Waals surface area contributed by atoms with Crippen molar-refractivity contribution in [1.82, 2.24) is 5.32 Å². The van der Waals surface area contributed by atoms with Crippen LogP contribution in [0.2, 0.25) is 0 Å². The van der Waals surface area contributed by atoms with Crippen LogP contribution in [0.1, 0.15) is 296 Å². The van der Waals surface area contributed by atoms with E-state index >= 15 is 0 Å². The van der Waals surface area contributed by atoms with Crippen LogP contribution < -0.4 is 5.32 Å². The molecule has 0 heterocycles. The number of nitrogens with one attached hydrogen (secondary N) is 1. The van der Waals surface area contributed by atoms with E-state index in [1.807, 2.05) is 6.08 Å². The number of allylic oxidation sites excluding steroid dienone is 15. The smallest absolute Gasteiger partial charge is 0.220 e. The van der Waals surface area contributed by atoms with Crippen molar-refractivity contribution in [3.8, 4) is 0 Å². The zero-order valence-electron chi connectivity index (χ0n) is 46.5. The van der Waals surface area contributed by atoms with Gasteiger partial charge in [-0.2, -0.15) is 0 Å². The molecule has 0 saturated heterocycles. The Morgan fingerprint density at radius 3 is 1.00 bits per heavy atom. The summed E-state index contributed by atoms with van der Waals surface area (Å²) in [7, 11) is 0. The number of aliphatic hydroxyl groups is 2. The standard InChI is InChI=1S/C66H117NO3/c1-3-5-7-9-11-13-15-17-19-21-23-25-27-29-31-32-33-34-36-37-39-41-43-45-47-49-51-53-55-57-59-61-65(69)64(63-68)67-66(70)62-60-58-56-54-52-50-48-46-44-42-40-38-35-30-28-26-24-22-20-18-16-14-12-10-8-6-4-2/h6,8,12,14,18,20,24,26,30,35,40,42,51,53,59,61,64-65,68-69H,3-5,7,9-11,13,15-17,19,21-23,25,27-29,31-34,36-39,41,43-50,52,54-58,60,62-63H2,1-2H3,(H,67,70)/b8-6-,14-12-,20-18-,26-24-,35-30-,42-40-,53-51+,61-59+. The van der Waals surface area contributed by atoms with Gasteiger partial charge in [-0.25, -0.2) is 0 Å². The number of amides is 1. The quantitative estimate of drug-likeness (QED) is 0.0420. The van der Waals surface area contributed by atoms with Gasteiger partial charge in [0.25, 0.3) is 0 Å². The van der Waals surface area contributed by atoms with Crippen LogP contribution in [0.4, 0.5) is 0 Å². The molecule has 3 N–H and O–H groups in total. The molecule has 0 rings (SSSR count). The van der Waals surface area contributed by atoms with Crippen molar-refractivity contribution in [2.75, 3.05) is 6.61 Å². The van der Waals surface area contributed by atoms with Gasteiger partial charge in [0, 0.05) is 6.42 Å². The summed E-state index contributed by atoms with van der Waals surface area (Å²) >= 11 is 0. The Morgan fingerprint density at radius 1 is 0.357 bits per heavy atom. The maximum atomic E-state index is 12.5. The lowest BCUT2D eigenvalue weighted by molar-refractivity contribution is -0.123. The van der Waals surface area contributed by atoms with Crippen LogP contribution in [0.3, 0.4) is 0 Å². The number of unbranched alkanes of at least 4 members (excludes halogenated alkanes) is 34. The molecule has 0 aliphatic rings. The molecule has 0 spiro atoms. The van der Waals surface area contributed by atoms with E-state index in [1.54, 1.807) is 6.08 Å². The van der Waals surface area contributed by atoms with Gasteiger partial charge in [0.2, 0.25) is 5.91 Å². The summed E-state index contributed by atoms with van der Waals surface area (Å²) in [5.74, 6) is -0.0836. The second-order valence-corrected chi connectivity index (χ2v) is 20.4. The van der Waals surface area contributed by atoms with E-state index in [-0.39, 0.29) is 12.5 Å². The molecule has 0 aromatic rings. The zero-order valence-corrected chi connectivity index (χ0v) is 46.5. The third-order valence-electron chi connectivity index (χ3n) is 13.6. The first-order valence-corrected chi connectivity index (χ1v) is 30.5. The molecule has 0 aliphatic carbocycles. The molecular weight excluding hydrogens is 855 g/mol. The van der Waals surface area contributed by atoms with E-state index < -0.39 is 12.1 Å². The van der Waals surface area contributed by atoms with E-state index in [4.69, 9.17) is 0 Å². The average Bonchev–Trinajstić information content (AvgIpc) is 3.36. The van der Waals surface area contributed by atoms with Crippen LogP contribution >= 0.6 is 0 Å². The van der Waals surface area contributed by atoms with E-state index in [1.165, 1.54) is 193 Å². The molecule has 0 saturated carbocycles. The van der Waals surface area contributed by atoms with Crippen molar-refractivity contribution in [3.05, 3.63) is 97.2 Å². The lowest BCUT2D eigenvalue weighted by Gasteiger charge is -2.19. The van der Waals surface area contributed by atoms with Crippen LogP contribution in [0.5, 0.6) is 0 Å². The molecule has 2 unspecified atom stereocenters. The maximum Gasteiger partial charge on any atom is 0.220 e. The second-order valence-electron chi connectivity index (χ2n) is 20.4. The predicted molar refractivity (Wildman–Crippen MR) is 313 cm³/mol. The number of carbonyl (C=O) groups excluding carboxylic acids is 1. The molecule has 4 heteroatoms. The van der Waals surface area contributed by atoms with Gasteiger partial charge in [0.1, 0.15) is 0 Å². The number of hydrogen-bond acceptors (Lipinski definition) is 3. The first-order valence-electron chi connectivity index (χ1n) is 30.5. The SMILES string of the molecule is CC/C=C\C/C=C\C/C=C\C/C=C\C/C=C\C/C=C\CCCCCCCCCCC(=O)NC(CO)C(O)/C=C/CC/C=C/CCCCCCCCCCCCCCCCCCCCCCCCCCC. The van der Waals surface area contributed by atoms with Gasteiger partial charge in [-0.3, -0.25) is 4.79 Å². The van der Waals surface area contributed by atoms with Crippen LogP contribution in [0.15, 0.2) is 97.2 Å². The molecule has 0 bridgehead atoms. The number of hydrogen-bond donors (Lipinski definition) is 3. The van der Waals surface area contributed by atoms with Gasteiger partial charge < -0.3 is 15.5 Å². The van der Waals surface area contributed by atoms with Gasteiger partial charge in [-0.1, -0.05) is 304 Å². The summed E-state index contributed by atoms with van der Waals surface area (Å²) < 4.78 is 0. The van der Waals surface area contributed by atoms with Gasteiger partial charge in [-0.05, 0) is 83.5 Å². The van der Waals surface area contributed by atoms with E-state index in [2.05, 4.69) is 104 Å². The summed E-state index contributed by atoms with van der Waals surface area (Å²) in [6.07, 6.45) is 90.2. The molecule has 4 nitrogen and oxygen atoms in total. The van der Waals surface area contributed by atoms with Crippen LogP contribution in [-0.2, 0) is 4.79 Å². The van der Waals surface area contributed by atoms with Crippen LogP contribution in [0.25, 0.3) is 0 Å². The van der Waals surface area contributed by atoms with Gasteiger partial charge >= 0.3 is 0 Å². The monoisotopic (exact) mass is 972 g/mol. The van der Waals surface area contributed by atoms with E-state index in [0.717, 1.165) is 83.5 Å². The third-order valence-corrected chi connectivity index (χ3v) is 13.6. The Morgan fingerprint density at radius 2 is 0.643 bits per heavy atom. The van der Waals surface area contributed by atoms with Crippen LogP contribution in [0, 0.1) is 0 Å². The summed E-state index contributed by atoms with van der Waals surface area (Å²) in [6, 6.07) is -0.652. The fourth-order valence-electron chi connectivity index (χ4n) is 8.97. The highest BCUT2D eigenvalue weighted by Crippen LogP contribution is 2.17. The van der Waals surface area contributed by atoms with Gasteiger partial charge in [0.15, 0.2) is 0 Å². The van der Waals surface area contributed by atoms with Gasteiger partial charge in [0.05, 0.1) is 18.8 Å². The molecule has 70 heavy (non-hydrogen) atoms. The summed E-state index contributed by atoms with van der Waals surface area (Å²) in [5, 5.41) is 23.2. The topological polar surface area (TPSA) is 69.6 Å². The Kier molecular flexibility index (Phi) is 58.3. The lowest BCUT2D eigenvalue weighted by atomic mass is 10.0. The first-order chi connectivity index (χ1) is 34.7. The van der Waals surface area contributed by atoms with Crippen molar-refractivity contribution in [2.45, 2.75) is 309 Å². The first kappa shape index (κ1) is 67.3. The van der Waals surface area contributed by atoms with E-state index in [9.17, 15) is 15.0 Å². The Hall–Kier alpha value is -2.69. The van der Waals surface area contributed by atoms with Crippen molar-refractivity contribution in [3.63, 3.8) is 0 Å². The average molecular weight is 973 g/mol. The fraction of sp³-hybridized carbons (Fsp3) is 0.742. The third kappa shape index (κ3) is 56.2. The summed E-state index contributed by atoms with van der Waals surface area (Å²) in [6.45, 7) is 4.20. The maximum absolute atomic E-state index is 12.5. The Bertz CT molecular complexity index is 1290. The molecule has 0 aromatic heterocycles. The van der Waals surface area contributed by atoms with E-state index in [0.29, 0.717) is 6.42 Å². The molecule has 0 aromatic carbocycles. The number of carbonyl (C=O) groups is 1. The summed E-state index contributed by atoms with van der Waals surface area (Å²) in [4.78, 5) is 12.5. The highest BCUT2D eigenvalue weighted by atomic mass is 16.3. The Labute approximate surface area is 436 Å². The number of rotatable bonds is 55. The normalized spacial score (nSPS) is 13.5. The molecule has 0 aliphatic heterocycles. The molecule has 2 atom stereocenters. The molecule has 0 fully saturated rings. The van der Waals surface area contributed by atoms with Crippen molar-refractivity contribution in [1.29, 1.82) is 0 Å². The minimum atomic E-state index is -0.874. The minimum Gasteiger partial charge on any atom is -0.394 e. The molecule has 1 amide bonds. The largest absolute Gasteiger partial charge is 0.394 e. The van der Waals surface area contributed by atoms with Crippen molar-refractivity contribution in [2.24, 2.45) is 0 Å². The Balaban J connectivity index is 3.56. The van der Waals surface area contributed by atoms with Gasteiger partial charge in [-0.15, -0.1) is 0 Å². The highest BCUT2D eigenvalue weighted by molar-refractivity contribution is 5.76. The van der Waals surface area contributed by atoms with Crippen molar-refractivity contribution < 1.29 is 15.0 Å². The number of aliphatic hydroxyl groups excluding tert-OH is 2. The summed E-state index contributed by atoms with van der Waals surface area (Å²) in [5.41, 5.74) is 0. The highest BCUT2D eigenvalue weighted by Gasteiger charge is 2.18.